The lowest BCUT2D eigenvalue weighted by Crippen LogP contribution is -2.21. The van der Waals surface area contributed by atoms with Crippen LogP contribution in [0.1, 0.15) is 251 Å². The second-order valence-electron chi connectivity index (χ2n) is 21.9. The molecule has 2 aromatic carbocycles. The number of unbranched alkanes of at least 4 members (excludes halogenated alkanes) is 8. The molecule has 0 atom stereocenters. The van der Waals surface area contributed by atoms with Crippen LogP contribution in [0.4, 0.5) is 0 Å². The van der Waals surface area contributed by atoms with Crippen LogP contribution in [-0.4, -0.2) is 194 Å². The van der Waals surface area contributed by atoms with Crippen molar-refractivity contribution in [3.63, 3.8) is 0 Å². The molecule has 0 bridgehead atoms. The van der Waals surface area contributed by atoms with E-state index in [0.717, 1.165) is 45.5 Å². The van der Waals surface area contributed by atoms with Crippen LogP contribution in [0.25, 0.3) is 0 Å². The van der Waals surface area contributed by atoms with Gasteiger partial charge in [-0.25, -0.2) is 0 Å². The first-order valence-corrected chi connectivity index (χ1v) is 37.2. The highest BCUT2D eigenvalue weighted by molar-refractivity contribution is 5.75. The molecular formula is C84H177N7O11. The highest BCUT2D eigenvalue weighted by Crippen LogP contribution is 2.01. The fourth-order valence-corrected chi connectivity index (χ4v) is 4.49. The second kappa shape index (κ2) is 154. The van der Waals surface area contributed by atoms with E-state index >= 15 is 0 Å². The number of benzene rings is 2. The topological polar surface area (TPSA) is 244 Å². The summed E-state index contributed by atoms with van der Waals surface area (Å²) in [7, 11) is 21.4. The number of terminal acetylenes is 1. The Labute approximate surface area is 636 Å². The monoisotopic (exact) mass is 1460 g/mol. The van der Waals surface area contributed by atoms with Gasteiger partial charge in [-0.2, -0.15) is 0 Å². The molecule has 2 amide bonds. The zero-order chi connectivity index (χ0) is 83.1. The van der Waals surface area contributed by atoms with Gasteiger partial charge in [0.2, 0.25) is 11.8 Å². The van der Waals surface area contributed by atoms with Gasteiger partial charge in [0, 0.05) is 95.1 Å². The van der Waals surface area contributed by atoms with Crippen LogP contribution in [0, 0.1) is 26.2 Å². The van der Waals surface area contributed by atoms with E-state index in [1.165, 1.54) is 108 Å². The second-order valence-corrected chi connectivity index (χ2v) is 21.9. The van der Waals surface area contributed by atoms with Crippen molar-refractivity contribution in [1.82, 2.24) is 20.0 Å². The molecule has 0 aliphatic rings. The Morgan fingerprint density at radius 1 is 0.520 bits per heavy atom. The number of carbonyl (C=O) groups excluding carboxylic acids is 3. The maximum absolute atomic E-state index is 10.4. The number of nitrogens with two attached hydrogens (primary N) is 3. The quantitative estimate of drug-likeness (QED) is 0.0242. The fourth-order valence-electron chi connectivity index (χ4n) is 4.49. The number of ether oxygens (including phenoxy) is 6. The van der Waals surface area contributed by atoms with Crippen LogP contribution < -0.4 is 22.5 Å². The van der Waals surface area contributed by atoms with Crippen molar-refractivity contribution >= 4 is 23.6 Å². The number of primary amides is 1. The highest BCUT2D eigenvalue weighted by Gasteiger charge is 1.95. The number of allylic oxidation sites excluding steroid dienone is 5. The van der Waals surface area contributed by atoms with Crippen molar-refractivity contribution in [2.24, 2.45) is 17.2 Å². The standard InChI is InChI=1S/C8H11N.C7H8.C7H16.C6H15N.C6H14O.C6H14.C5H11NO.C5H9N.C5H10O.C4H10O2.2C4H8.C3H7NO.C3H9N.C3H8O2.C3H6O2.C3H6O.C2H7N/c1-7-2-4-8(6-9)5-3-7;1-7-5-3-2-4-6-7;1-3-5-7-6-4-2;1-4-7(5-2)6-3;1-3-5-7-6-4-2;1-3-5-6-4-2;1-4-5(7)6(2)3;1-2-3-4-5-6;1-3-4-5-6-2;1-5-3-4-6-2;2*1-3-4-2;1-2-3(4)5;1-4(2)3;1-4-3-5-2;1-2-3(4)5;1-3(2)4;1-3-2/h2-5H,6,9H2,1H3;2-6H,1H3;3-7H2,1-2H3;4-6H2,1-3H3;3-6H2,1-2H3;3-6H2,1-2H3;4H2,1-3H3;1H,3-6H2;3-4H,5H2,1-2H3;3-4H2,1-2H3;2*3-4H,1-2H3;2H2,1H3,(H2,4,5);1-3H3;3H2,1-2H3;2H2,1H3,(H,4,5);1-2H3;3H,1-2H3/b;;;;;;;;4-3+;;2*4-3+;;;;;;. The maximum Gasteiger partial charge on any atom is 0.303 e. The minimum absolute atomic E-state index is 0.167. The maximum atomic E-state index is 10.4. The first-order chi connectivity index (χ1) is 48.4. The molecule has 18 nitrogen and oxygen atoms in total. The molecule has 18 heteroatoms. The predicted octanol–water partition coefficient (Wildman–Crippen LogP) is 18.9. The van der Waals surface area contributed by atoms with E-state index in [-0.39, 0.29) is 24.0 Å². The van der Waals surface area contributed by atoms with Gasteiger partial charge in [0.05, 0.1) is 19.8 Å². The highest BCUT2D eigenvalue weighted by atomic mass is 16.6. The first-order valence-electron chi connectivity index (χ1n) is 37.2. The summed E-state index contributed by atoms with van der Waals surface area (Å²) >= 11 is 0. The van der Waals surface area contributed by atoms with Crippen LogP contribution in [0.15, 0.2) is 91.1 Å². The number of carboxylic acid groups (broad SMARTS) is 1. The summed E-state index contributed by atoms with van der Waals surface area (Å²) in [4.78, 5) is 44.8. The molecule has 8 N–H and O–H groups in total. The third-order valence-corrected chi connectivity index (χ3v) is 10.4. The Balaban J connectivity index is -0.0000000551. The molecule has 0 unspecified atom stereocenters. The Morgan fingerprint density at radius 2 is 0.853 bits per heavy atom. The van der Waals surface area contributed by atoms with E-state index in [4.69, 9.17) is 32.5 Å². The Bertz CT molecular complexity index is 1700. The molecule has 0 fully saturated rings. The number of carboxylic acids is 1. The molecule has 0 aromatic heterocycles. The van der Waals surface area contributed by atoms with Crippen LogP contribution in [0.5, 0.6) is 0 Å². The van der Waals surface area contributed by atoms with Gasteiger partial charge in [-0.05, 0) is 149 Å². The Hall–Kier alpha value is -5.14. The molecule has 0 saturated heterocycles. The number of ketones is 1. The zero-order valence-corrected chi connectivity index (χ0v) is 73.4. The number of nitrogens with zero attached hydrogens (tertiary/aromatic N) is 3. The first kappa shape index (κ1) is 136. The normalized spacial score (nSPS) is 8.78. The average molecular weight is 1460 g/mol. The number of aryl methyl sites for hydroxylation is 2. The molecule has 0 aliphatic carbocycles. The SMILES string of the molecule is C#CCCCN.C/C=C/C.C/C=C/C.C/C=C/COC.CC(C)=O.CCC(=O)N(C)C.CCC(=O)O.CCC(N)=O.CCCCCC.CCCCCCC.CCCOCCC.CCN(CC)CC.CN(C)C.CNC.COCCOC.COCOC.Cc1ccc(CN)cc1.Cc1ccccc1. The lowest BCUT2D eigenvalue weighted by Gasteiger charge is -2.13. The Morgan fingerprint density at radius 3 is 0.990 bits per heavy atom. The summed E-state index contributed by atoms with van der Waals surface area (Å²) in [5, 5.41) is 10.5. The number of carbonyl (C=O) groups is 4. The molecule has 0 radical (unpaired) electrons. The van der Waals surface area contributed by atoms with Gasteiger partial charge < -0.3 is 75.5 Å². The van der Waals surface area contributed by atoms with Gasteiger partial charge in [-0.3, -0.25) is 14.4 Å². The van der Waals surface area contributed by atoms with Crippen molar-refractivity contribution < 1.29 is 52.7 Å². The average Bonchev–Trinajstić information content (AvgIpc) is 0.959. The summed E-state index contributed by atoms with van der Waals surface area (Å²) in [5.74, 6) is 1.85. The fraction of sp³-hybridized carbons (Fsp3) is 0.714. The predicted molar refractivity (Wildman–Crippen MR) is 454 cm³/mol. The van der Waals surface area contributed by atoms with Crippen molar-refractivity contribution in [3.05, 3.63) is 108 Å². The molecule has 0 aliphatic heterocycles. The molecule has 2 aromatic rings. The van der Waals surface area contributed by atoms with E-state index in [9.17, 15) is 19.2 Å². The number of amides is 2. The van der Waals surface area contributed by atoms with E-state index in [2.05, 4.69) is 153 Å². The van der Waals surface area contributed by atoms with Crippen molar-refractivity contribution in [2.45, 2.75) is 255 Å². The van der Waals surface area contributed by atoms with E-state index in [0.29, 0.717) is 45.9 Å². The lowest BCUT2D eigenvalue weighted by atomic mass is 10.2. The molecule has 0 spiro atoms. The summed E-state index contributed by atoms with van der Waals surface area (Å²) in [5.41, 5.74) is 19.0. The van der Waals surface area contributed by atoms with Gasteiger partial charge in [0.1, 0.15) is 12.6 Å². The van der Waals surface area contributed by atoms with E-state index < -0.39 is 5.97 Å². The minimum Gasteiger partial charge on any atom is -0.481 e. The van der Waals surface area contributed by atoms with Gasteiger partial charge in [-0.1, -0.05) is 243 Å². The number of hydrogen-bond donors (Lipinski definition) is 5. The third kappa shape index (κ3) is 278. The third-order valence-electron chi connectivity index (χ3n) is 10.4. The molecule has 102 heavy (non-hydrogen) atoms. The van der Waals surface area contributed by atoms with Crippen LogP contribution in [0.3, 0.4) is 0 Å². The lowest BCUT2D eigenvalue weighted by molar-refractivity contribution is -0.136. The van der Waals surface area contributed by atoms with Gasteiger partial charge in [0.25, 0.3) is 0 Å². The number of rotatable bonds is 27. The van der Waals surface area contributed by atoms with Crippen molar-refractivity contribution in [2.75, 3.05) is 151 Å². The zero-order valence-electron chi connectivity index (χ0n) is 73.4. The summed E-state index contributed by atoms with van der Waals surface area (Å²) in [6, 6.07) is 18.5. The molecular weight excluding hydrogens is 1280 g/mol. The summed E-state index contributed by atoms with van der Waals surface area (Å²) in [6.07, 6.45) is 34.7. The van der Waals surface area contributed by atoms with Crippen molar-refractivity contribution in [1.29, 1.82) is 0 Å². The minimum atomic E-state index is -0.745. The van der Waals surface area contributed by atoms with E-state index in [1.807, 2.05) is 136 Å². The number of hydrogen-bond acceptors (Lipinski definition) is 15. The number of methoxy groups -OCH3 is 5. The van der Waals surface area contributed by atoms with E-state index in [1.54, 1.807) is 68.4 Å². The van der Waals surface area contributed by atoms with Crippen molar-refractivity contribution in [3.8, 4) is 12.3 Å². The molecule has 614 valence electrons. The number of aliphatic carboxylic acids is 1. The molecule has 0 saturated carbocycles. The molecule has 2 rings (SSSR count). The smallest absolute Gasteiger partial charge is 0.303 e. The largest absolute Gasteiger partial charge is 0.481 e. The van der Waals surface area contributed by atoms with Gasteiger partial charge in [0.15, 0.2) is 0 Å². The van der Waals surface area contributed by atoms with Gasteiger partial charge >= 0.3 is 5.97 Å². The number of Topliss-reactive ketones (excluding diaryl/α,β-unsaturated/α-hetero) is 1. The van der Waals surface area contributed by atoms with Crippen LogP contribution in [0.2, 0.25) is 0 Å². The summed E-state index contributed by atoms with van der Waals surface area (Å²) < 4.78 is 28.1. The molecule has 0 heterocycles. The van der Waals surface area contributed by atoms with Crippen LogP contribution >= 0.6 is 0 Å². The number of nitrogens with one attached hydrogen (secondary N) is 1. The summed E-state index contributed by atoms with van der Waals surface area (Å²) in [6.45, 7) is 51.4. The van der Waals surface area contributed by atoms with Gasteiger partial charge in [-0.15, -0.1) is 12.3 Å². The Kier molecular flexibility index (Phi) is 205. The van der Waals surface area contributed by atoms with Crippen LogP contribution in [-0.2, 0) is 54.1 Å².